The molecule has 0 atom stereocenters. The molecular formula is C18H31FO2. The Hall–Kier alpha value is -1.12. The minimum atomic E-state index is -0.687. The Kier molecular flexibility index (Phi) is 16.0. The Morgan fingerprint density at radius 2 is 1.29 bits per heavy atom. The number of hydrogen-bond donors (Lipinski definition) is 1. The minimum Gasteiger partial charge on any atom is -0.481 e. The van der Waals surface area contributed by atoms with Crippen molar-refractivity contribution in [3.63, 3.8) is 0 Å². The van der Waals surface area contributed by atoms with Crippen LogP contribution in [-0.2, 0) is 4.79 Å². The molecule has 0 aromatic carbocycles. The summed E-state index contributed by atoms with van der Waals surface area (Å²) in [5, 5.41) is 8.50. The normalized spacial score (nSPS) is 11.7. The summed E-state index contributed by atoms with van der Waals surface area (Å²) in [7, 11) is 0. The lowest BCUT2D eigenvalue weighted by Gasteiger charge is -1.98. The molecule has 0 saturated heterocycles. The van der Waals surface area contributed by atoms with Crippen LogP contribution >= 0.6 is 0 Å². The molecule has 0 amide bonds. The quantitative estimate of drug-likeness (QED) is 0.305. The first-order chi connectivity index (χ1) is 10.3. The first-order valence-corrected chi connectivity index (χ1v) is 8.35. The molecule has 0 aliphatic rings. The summed E-state index contributed by atoms with van der Waals surface area (Å²) in [6.07, 6.45) is 20.4. The van der Waals surface area contributed by atoms with Crippen molar-refractivity contribution in [1.29, 1.82) is 0 Å². The first kappa shape index (κ1) is 19.9. The fourth-order valence-electron chi connectivity index (χ4n) is 2.11. The van der Waals surface area contributed by atoms with Gasteiger partial charge in [0.05, 0.1) is 6.67 Å². The molecular weight excluding hydrogens is 267 g/mol. The first-order valence-electron chi connectivity index (χ1n) is 8.35. The van der Waals surface area contributed by atoms with E-state index in [4.69, 9.17) is 5.11 Å². The zero-order valence-corrected chi connectivity index (χ0v) is 13.2. The minimum absolute atomic E-state index is 0.188. The number of allylic oxidation sites excluding steroid dienone is 4. The van der Waals surface area contributed by atoms with Crippen molar-refractivity contribution in [1.82, 2.24) is 0 Å². The van der Waals surface area contributed by atoms with Crippen LogP contribution in [0.4, 0.5) is 4.39 Å². The van der Waals surface area contributed by atoms with Gasteiger partial charge in [-0.3, -0.25) is 9.18 Å². The molecule has 0 fully saturated rings. The second kappa shape index (κ2) is 16.9. The molecule has 0 aromatic rings. The van der Waals surface area contributed by atoms with E-state index in [1.54, 1.807) is 0 Å². The summed E-state index contributed by atoms with van der Waals surface area (Å²) in [5.41, 5.74) is 0. The number of hydrogen-bond acceptors (Lipinski definition) is 1. The number of halogens is 1. The maximum Gasteiger partial charge on any atom is 0.303 e. The van der Waals surface area contributed by atoms with Crippen molar-refractivity contribution in [3.05, 3.63) is 24.3 Å². The van der Waals surface area contributed by atoms with Gasteiger partial charge in [-0.2, -0.15) is 0 Å². The number of carbonyl (C=O) groups is 1. The Bertz CT molecular complexity index is 285. The van der Waals surface area contributed by atoms with Crippen LogP contribution in [0, 0.1) is 0 Å². The standard InChI is InChI=1S/C18H31FO2/c19-17-15-13-11-9-7-5-3-1-2-4-6-8-10-12-14-16-18(20)21/h1-2,5,7H,3-4,6,8-17H2,(H,20,21). The number of alkyl halides is 1. The van der Waals surface area contributed by atoms with Crippen LogP contribution in [0.2, 0.25) is 0 Å². The topological polar surface area (TPSA) is 37.3 Å². The molecule has 2 nitrogen and oxygen atoms in total. The van der Waals surface area contributed by atoms with E-state index in [0.29, 0.717) is 12.8 Å². The van der Waals surface area contributed by atoms with Crippen molar-refractivity contribution >= 4 is 5.97 Å². The van der Waals surface area contributed by atoms with E-state index in [2.05, 4.69) is 24.3 Å². The zero-order chi connectivity index (χ0) is 15.6. The van der Waals surface area contributed by atoms with Crippen molar-refractivity contribution in [3.8, 4) is 0 Å². The third-order valence-corrected chi connectivity index (χ3v) is 3.37. The van der Waals surface area contributed by atoms with Crippen molar-refractivity contribution in [2.75, 3.05) is 6.67 Å². The molecule has 0 spiro atoms. The number of aliphatic carboxylic acids is 1. The van der Waals surface area contributed by atoms with Crippen LogP contribution in [0.5, 0.6) is 0 Å². The van der Waals surface area contributed by atoms with E-state index >= 15 is 0 Å². The Morgan fingerprint density at radius 1 is 0.762 bits per heavy atom. The van der Waals surface area contributed by atoms with Gasteiger partial charge in [0.2, 0.25) is 0 Å². The molecule has 0 bridgehead atoms. The summed E-state index contributed by atoms with van der Waals surface area (Å²) in [6, 6.07) is 0. The van der Waals surface area contributed by atoms with Gasteiger partial charge in [-0.1, -0.05) is 50.0 Å². The highest BCUT2D eigenvalue weighted by molar-refractivity contribution is 5.66. The summed E-state index contributed by atoms with van der Waals surface area (Å²) in [5.74, 6) is -0.687. The fraction of sp³-hybridized carbons (Fsp3) is 0.722. The van der Waals surface area contributed by atoms with E-state index in [1.807, 2.05) is 0 Å². The zero-order valence-electron chi connectivity index (χ0n) is 13.2. The predicted molar refractivity (Wildman–Crippen MR) is 87.3 cm³/mol. The summed E-state index contributed by atoms with van der Waals surface area (Å²) < 4.78 is 11.8. The smallest absolute Gasteiger partial charge is 0.303 e. The van der Waals surface area contributed by atoms with E-state index < -0.39 is 5.97 Å². The predicted octanol–water partition coefficient (Wildman–Crippen LogP) is 5.83. The van der Waals surface area contributed by atoms with Gasteiger partial charge in [0.1, 0.15) is 0 Å². The maximum atomic E-state index is 11.8. The third kappa shape index (κ3) is 18.9. The van der Waals surface area contributed by atoms with E-state index in [9.17, 15) is 9.18 Å². The molecule has 0 aliphatic heterocycles. The van der Waals surface area contributed by atoms with E-state index in [-0.39, 0.29) is 6.67 Å². The van der Waals surface area contributed by atoms with Crippen molar-refractivity contribution in [2.24, 2.45) is 0 Å². The summed E-state index contributed by atoms with van der Waals surface area (Å²) in [4.78, 5) is 10.3. The van der Waals surface area contributed by atoms with Crippen LogP contribution < -0.4 is 0 Å². The van der Waals surface area contributed by atoms with Gasteiger partial charge < -0.3 is 5.11 Å². The lowest BCUT2D eigenvalue weighted by Crippen LogP contribution is -1.93. The third-order valence-electron chi connectivity index (χ3n) is 3.37. The van der Waals surface area contributed by atoms with Gasteiger partial charge in [-0.15, -0.1) is 0 Å². The van der Waals surface area contributed by atoms with Gasteiger partial charge >= 0.3 is 5.97 Å². The highest BCUT2D eigenvalue weighted by Gasteiger charge is 1.95. The van der Waals surface area contributed by atoms with E-state index in [1.165, 1.54) is 12.8 Å². The maximum absolute atomic E-state index is 11.8. The molecule has 0 saturated carbocycles. The van der Waals surface area contributed by atoms with Crippen LogP contribution in [0.3, 0.4) is 0 Å². The van der Waals surface area contributed by atoms with Gasteiger partial charge in [0.25, 0.3) is 0 Å². The Morgan fingerprint density at radius 3 is 1.86 bits per heavy atom. The fourth-order valence-corrected chi connectivity index (χ4v) is 2.11. The largest absolute Gasteiger partial charge is 0.481 e. The molecule has 1 N–H and O–H groups in total. The van der Waals surface area contributed by atoms with E-state index in [0.717, 1.165) is 51.4 Å². The lowest BCUT2D eigenvalue weighted by atomic mass is 10.1. The van der Waals surface area contributed by atoms with Gasteiger partial charge in [-0.05, 0) is 44.9 Å². The molecule has 0 radical (unpaired) electrons. The molecule has 3 heteroatoms. The summed E-state index contributed by atoms with van der Waals surface area (Å²) in [6.45, 7) is -0.188. The highest BCUT2D eigenvalue weighted by Crippen LogP contribution is 2.08. The second-order valence-electron chi connectivity index (χ2n) is 5.42. The molecule has 0 heterocycles. The number of rotatable bonds is 15. The Balaban J connectivity index is 3.18. The molecule has 0 aromatic heterocycles. The highest BCUT2D eigenvalue weighted by atomic mass is 19.1. The Labute approximate surface area is 129 Å². The number of carboxylic acid groups (broad SMARTS) is 1. The van der Waals surface area contributed by atoms with Gasteiger partial charge in [-0.25, -0.2) is 0 Å². The lowest BCUT2D eigenvalue weighted by molar-refractivity contribution is -0.137. The average molecular weight is 298 g/mol. The number of unbranched alkanes of at least 4 members (excludes halogenated alkanes) is 8. The molecule has 21 heavy (non-hydrogen) atoms. The van der Waals surface area contributed by atoms with Crippen LogP contribution in [0.1, 0.15) is 77.0 Å². The monoisotopic (exact) mass is 298 g/mol. The van der Waals surface area contributed by atoms with Crippen molar-refractivity contribution < 1.29 is 14.3 Å². The van der Waals surface area contributed by atoms with Crippen LogP contribution in [-0.4, -0.2) is 17.8 Å². The van der Waals surface area contributed by atoms with Crippen LogP contribution in [0.25, 0.3) is 0 Å². The van der Waals surface area contributed by atoms with Gasteiger partial charge in [0, 0.05) is 6.42 Å². The average Bonchev–Trinajstić information content (AvgIpc) is 2.46. The molecule has 0 aliphatic carbocycles. The second-order valence-corrected chi connectivity index (χ2v) is 5.42. The van der Waals surface area contributed by atoms with Gasteiger partial charge in [0.15, 0.2) is 0 Å². The van der Waals surface area contributed by atoms with Crippen LogP contribution in [0.15, 0.2) is 24.3 Å². The molecule has 122 valence electrons. The SMILES string of the molecule is O=C(O)CCCCCCCC=CCC=CCCCCCF. The number of carboxylic acids is 1. The molecule has 0 rings (SSSR count). The van der Waals surface area contributed by atoms with Crippen molar-refractivity contribution in [2.45, 2.75) is 77.0 Å². The molecule has 0 unspecified atom stereocenters. The summed E-state index contributed by atoms with van der Waals surface area (Å²) >= 11 is 0.